The molecule has 19 heavy (non-hydrogen) atoms. The first-order chi connectivity index (χ1) is 9.04. The van der Waals surface area contributed by atoms with E-state index in [4.69, 9.17) is 15.5 Å². The van der Waals surface area contributed by atoms with Gasteiger partial charge in [-0.05, 0) is 29.0 Å². The van der Waals surface area contributed by atoms with E-state index in [1.54, 1.807) is 6.07 Å². The second-order valence-corrected chi connectivity index (χ2v) is 3.68. The minimum Gasteiger partial charge on any atom is -0.478 e. The Kier molecular flexibility index (Phi) is 3.04. The van der Waals surface area contributed by atoms with Crippen molar-refractivity contribution in [1.29, 1.82) is 5.26 Å². The molecule has 2 N–H and O–H groups in total. The molecular weight excluding hydrogens is 250 g/mol. The van der Waals surface area contributed by atoms with Crippen molar-refractivity contribution < 1.29 is 24.5 Å². The van der Waals surface area contributed by atoms with Crippen LogP contribution in [0, 0.1) is 11.5 Å². The number of ether oxygens (including phenoxy) is 1. The number of carboxylic acid groups (broad SMARTS) is 2. The van der Waals surface area contributed by atoms with Crippen molar-refractivity contribution in [1.82, 2.24) is 0 Å². The molecule has 0 fully saturated rings. The topological polar surface area (TPSA) is 108 Å². The molecule has 0 radical (unpaired) electrons. The van der Waals surface area contributed by atoms with E-state index in [1.807, 2.05) is 0 Å². The van der Waals surface area contributed by atoms with Crippen LogP contribution in [0.25, 0.3) is 10.8 Å². The van der Waals surface area contributed by atoms with Gasteiger partial charge in [0, 0.05) is 0 Å². The lowest BCUT2D eigenvalue weighted by molar-refractivity contribution is 0.0686. The summed E-state index contributed by atoms with van der Waals surface area (Å²) in [7, 11) is 0. The smallest absolute Gasteiger partial charge is 0.339 e. The van der Waals surface area contributed by atoms with Crippen LogP contribution in [0.4, 0.5) is 0 Å². The number of hydrogen-bond acceptors (Lipinski definition) is 4. The highest BCUT2D eigenvalue weighted by Gasteiger charge is 2.16. The van der Waals surface area contributed by atoms with E-state index in [9.17, 15) is 9.59 Å². The molecule has 2 rings (SSSR count). The molecule has 2 aromatic rings. The Morgan fingerprint density at radius 2 is 1.79 bits per heavy atom. The zero-order valence-electron chi connectivity index (χ0n) is 9.45. The largest absolute Gasteiger partial charge is 0.478 e. The maximum absolute atomic E-state index is 11.1. The van der Waals surface area contributed by atoms with E-state index in [2.05, 4.69) is 4.74 Å². The summed E-state index contributed by atoms with van der Waals surface area (Å²) in [5, 5.41) is 27.3. The molecular formula is C13H7NO5. The molecule has 0 atom stereocenters. The van der Waals surface area contributed by atoms with Crippen molar-refractivity contribution in [2.24, 2.45) is 0 Å². The predicted molar refractivity (Wildman–Crippen MR) is 64.1 cm³/mol. The molecule has 94 valence electrons. The number of benzene rings is 2. The number of hydrogen-bond donors (Lipinski definition) is 2. The second kappa shape index (κ2) is 4.66. The third kappa shape index (κ3) is 2.17. The van der Waals surface area contributed by atoms with Crippen LogP contribution in [0.3, 0.4) is 0 Å². The summed E-state index contributed by atoms with van der Waals surface area (Å²) < 4.78 is 4.57. The lowest BCUT2D eigenvalue weighted by Crippen LogP contribution is -2.02. The molecule has 0 heterocycles. The van der Waals surface area contributed by atoms with Gasteiger partial charge in [0.05, 0.1) is 5.56 Å². The second-order valence-electron chi connectivity index (χ2n) is 3.68. The van der Waals surface area contributed by atoms with Gasteiger partial charge in [-0.2, -0.15) is 0 Å². The summed E-state index contributed by atoms with van der Waals surface area (Å²) in [4.78, 5) is 22.1. The van der Waals surface area contributed by atoms with Crippen LogP contribution in [0.5, 0.6) is 5.75 Å². The number of rotatable bonds is 3. The van der Waals surface area contributed by atoms with Crippen LogP contribution in [0.1, 0.15) is 20.7 Å². The monoisotopic (exact) mass is 257 g/mol. The van der Waals surface area contributed by atoms with Gasteiger partial charge in [0.15, 0.2) is 5.75 Å². The Morgan fingerprint density at radius 3 is 2.37 bits per heavy atom. The summed E-state index contributed by atoms with van der Waals surface area (Å²) in [6.45, 7) is 0. The van der Waals surface area contributed by atoms with E-state index in [0.29, 0.717) is 10.8 Å². The molecule has 0 saturated carbocycles. The zero-order chi connectivity index (χ0) is 14.0. The molecule has 6 heteroatoms. The van der Waals surface area contributed by atoms with Gasteiger partial charge >= 0.3 is 11.9 Å². The van der Waals surface area contributed by atoms with Gasteiger partial charge in [0.25, 0.3) is 6.26 Å². The average Bonchev–Trinajstić information content (AvgIpc) is 2.37. The van der Waals surface area contributed by atoms with Crippen LogP contribution >= 0.6 is 0 Å². The van der Waals surface area contributed by atoms with Crippen LogP contribution in [0.2, 0.25) is 0 Å². The van der Waals surface area contributed by atoms with Crippen LogP contribution in [-0.2, 0) is 0 Å². The van der Waals surface area contributed by atoms with Gasteiger partial charge in [0.1, 0.15) is 5.56 Å². The molecule has 0 spiro atoms. The van der Waals surface area contributed by atoms with Crippen molar-refractivity contribution in [3.63, 3.8) is 0 Å². The molecule has 0 aliphatic heterocycles. The summed E-state index contributed by atoms with van der Waals surface area (Å²) in [5.74, 6) is -2.58. The third-order valence-corrected chi connectivity index (χ3v) is 2.60. The quantitative estimate of drug-likeness (QED) is 0.815. The summed E-state index contributed by atoms with van der Waals surface area (Å²) in [6, 6.07) is 7.01. The van der Waals surface area contributed by atoms with Gasteiger partial charge in [-0.1, -0.05) is 12.1 Å². The van der Waals surface area contributed by atoms with Gasteiger partial charge in [-0.25, -0.2) is 9.59 Å². The van der Waals surface area contributed by atoms with Gasteiger partial charge in [0.2, 0.25) is 0 Å². The van der Waals surface area contributed by atoms with Crippen molar-refractivity contribution in [2.45, 2.75) is 0 Å². The highest BCUT2D eigenvalue weighted by Crippen LogP contribution is 2.28. The predicted octanol–water partition coefficient (Wildman–Crippen LogP) is 2.10. The number of aromatic carboxylic acids is 2. The fraction of sp³-hybridized carbons (Fsp3) is 0. The SMILES string of the molecule is N#COc1cc2c(C(=O)O)cccc2cc1C(=O)O. The van der Waals surface area contributed by atoms with Gasteiger partial charge in [-0.15, -0.1) is 5.26 Å². The van der Waals surface area contributed by atoms with Crippen molar-refractivity contribution in [3.05, 3.63) is 41.5 Å². The molecule has 0 bridgehead atoms. The molecule has 0 aliphatic carbocycles. The van der Waals surface area contributed by atoms with Gasteiger partial charge in [-0.3, -0.25) is 0 Å². The minimum atomic E-state index is -1.26. The Labute approximate surface area is 107 Å². The molecule has 0 saturated heterocycles. The van der Waals surface area contributed by atoms with Crippen LogP contribution in [0.15, 0.2) is 30.3 Å². The summed E-state index contributed by atoms with van der Waals surface area (Å²) in [6.07, 6.45) is 1.38. The maximum Gasteiger partial charge on any atom is 0.339 e. The highest BCUT2D eigenvalue weighted by molar-refractivity contribution is 6.06. The minimum absolute atomic E-state index is 0.0113. The average molecular weight is 257 g/mol. The molecule has 0 unspecified atom stereocenters. The van der Waals surface area contributed by atoms with E-state index < -0.39 is 11.9 Å². The van der Waals surface area contributed by atoms with Crippen molar-refractivity contribution in [2.75, 3.05) is 0 Å². The lowest BCUT2D eigenvalue weighted by Gasteiger charge is -2.07. The number of fused-ring (bicyclic) bond motifs is 1. The number of carbonyl (C=O) groups is 2. The summed E-state index contributed by atoms with van der Waals surface area (Å²) in [5.41, 5.74) is -0.186. The number of nitrogens with zero attached hydrogens (tertiary/aromatic N) is 1. The Hall–Kier alpha value is -3.07. The normalized spacial score (nSPS) is 9.84. The zero-order valence-corrected chi connectivity index (χ0v) is 9.45. The standard InChI is InChI=1S/C13H7NO5/c14-6-19-11-5-9-7(4-10(11)13(17)18)2-1-3-8(9)12(15)16/h1-5H,(H,15,16)(H,17,18). The van der Waals surface area contributed by atoms with E-state index in [0.717, 1.165) is 0 Å². The maximum atomic E-state index is 11.1. The summed E-state index contributed by atoms with van der Waals surface area (Å²) >= 11 is 0. The van der Waals surface area contributed by atoms with E-state index >= 15 is 0 Å². The first kappa shape index (κ1) is 12.4. The Morgan fingerprint density at radius 1 is 1.11 bits per heavy atom. The molecule has 6 nitrogen and oxygen atoms in total. The van der Waals surface area contributed by atoms with E-state index in [-0.39, 0.29) is 16.9 Å². The molecule has 0 aliphatic rings. The Balaban J connectivity index is 2.82. The molecule has 0 aromatic heterocycles. The number of carboxylic acids is 2. The first-order valence-electron chi connectivity index (χ1n) is 5.14. The van der Waals surface area contributed by atoms with E-state index in [1.165, 1.54) is 30.5 Å². The first-order valence-corrected chi connectivity index (χ1v) is 5.14. The van der Waals surface area contributed by atoms with Crippen LogP contribution in [-0.4, -0.2) is 22.2 Å². The Bertz CT molecular complexity index is 730. The third-order valence-electron chi connectivity index (χ3n) is 2.60. The van der Waals surface area contributed by atoms with Crippen molar-refractivity contribution >= 4 is 22.7 Å². The highest BCUT2D eigenvalue weighted by atomic mass is 16.5. The fourth-order valence-electron chi connectivity index (χ4n) is 1.79. The fourth-order valence-corrected chi connectivity index (χ4v) is 1.79. The molecule has 0 amide bonds. The molecule has 2 aromatic carbocycles. The van der Waals surface area contributed by atoms with Crippen molar-refractivity contribution in [3.8, 4) is 12.0 Å². The lowest BCUT2D eigenvalue weighted by atomic mass is 10.0. The van der Waals surface area contributed by atoms with Gasteiger partial charge < -0.3 is 14.9 Å². The number of nitriles is 1. The van der Waals surface area contributed by atoms with Crippen LogP contribution < -0.4 is 4.74 Å².